The Morgan fingerprint density at radius 1 is 1.24 bits per heavy atom. The fraction of sp³-hybridized carbons (Fsp3) is 0.500. The van der Waals surface area contributed by atoms with Gasteiger partial charge in [0.2, 0.25) is 0 Å². The molecule has 110 valence electrons. The predicted molar refractivity (Wildman–Crippen MR) is 82.6 cm³/mol. The molecule has 21 heavy (non-hydrogen) atoms. The molecule has 1 aromatic carbocycles. The summed E-state index contributed by atoms with van der Waals surface area (Å²) in [4.78, 5) is 15.1. The maximum absolute atomic E-state index is 13.0. The van der Waals surface area contributed by atoms with E-state index in [0.29, 0.717) is 17.8 Å². The van der Waals surface area contributed by atoms with Crippen LogP contribution in [0.1, 0.15) is 36.2 Å². The van der Waals surface area contributed by atoms with Crippen LogP contribution in [0.4, 0.5) is 0 Å². The van der Waals surface area contributed by atoms with Crippen molar-refractivity contribution < 1.29 is 4.79 Å². The van der Waals surface area contributed by atoms with Crippen molar-refractivity contribution in [1.29, 1.82) is 0 Å². The highest BCUT2D eigenvalue weighted by Crippen LogP contribution is 2.39. The van der Waals surface area contributed by atoms with Gasteiger partial charge in [-0.3, -0.25) is 9.48 Å². The summed E-state index contributed by atoms with van der Waals surface area (Å²) in [7, 11) is 1.89. The van der Waals surface area contributed by atoms with E-state index in [1.54, 1.807) is 4.68 Å². The van der Waals surface area contributed by atoms with E-state index in [9.17, 15) is 4.79 Å². The Morgan fingerprint density at radius 2 is 1.90 bits per heavy atom. The molecule has 2 aromatic rings. The molecule has 0 spiro atoms. The molecule has 1 amide bonds. The van der Waals surface area contributed by atoms with E-state index in [0.717, 1.165) is 36.6 Å². The molecule has 0 radical (unpaired) electrons. The van der Waals surface area contributed by atoms with Crippen LogP contribution < -0.4 is 0 Å². The maximum atomic E-state index is 13.0. The third-order valence-corrected chi connectivity index (χ3v) is 5.23. The second-order valence-electron chi connectivity index (χ2n) is 6.16. The van der Waals surface area contributed by atoms with Gasteiger partial charge in [-0.25, -0.2) is 0 Å². The van der Waals surface area contributed by atoms with E-state index in [4.69, 9.17) is 11.6 Å². The van der Waals surface area contributed by atoms with E-state index in [1.807, 2.05) is 36.2 Å². The van der Waals surface area contributed by atoms with Crippen LogP contribution in [0, 0.1) is 0 Å². The van der Waals surface area contributed by atoms with Gasteiger partial charge in [-0.15, -0.1) is 11.6 Å². The van der Waals surface area contributed by atoms with Crippen LogP contribution >= 0.6 is 11.6 Å². The molecule has 0 N–H and O–H groups in total. The zero-order chi connectivity index (χ0) is 14.6. The first-order valence-electron chi connectivity index (χ1n) is 7.53. The Balaban J connectivity index is 1.74. The summed E-state index contributed by atoms with van der Waals surface area (Å²) in [5.41, 5.74) is 1.58. The SMILES string of the molecule is Cn1nc(C(=O)N2C3CCC2CC(Cl)C3)c2ccccc21. The Morgan fingerprint density at radius 3 is 2.62 bits per heavy atom. The molecule has 0 saturated carbocycles. The van der Waals surface area contributed by atoms with Crippen LogP contribution in [0.25, 0.3) is 10.9 Å². The molecule has 2 bridgehead atoms. The van der Waals surface area contributed by atoms with Crippen LogP contribution in [-0.4, -0.2) is 38.0 Å². The summed E-state index contributed by atoms with van der Waals surface area (Å²) in [6, 6.07) is 8.49. The molecule has 4 nitrogen and oxygen atoms in total. The minimum atomic E-state index is 0.0721. The van der Waals surface area contributed by atoms with Crippen molar-refractivity contribution in [2.45, 2.75) is 43.1 Å². The Labute approximate surface area is 128 Å². The van der Waals surface area contributed by atoms with E-state index < -0.39 is 0 Å². The van der Waals surface area contributed by atoms with Crippen molar-refractivity contribution in [3.63, 3.8) is 0 Å². The smallest absolute Gasteiger partial charge is 0.275 e. The van der Waals surface area contributed by atoms with Crippen LogP contribution in [-0.2, 0) is 7.05 Å². The van der Waals surface area contributed by atoms with Crippen LogP contribution in [0.3, 0.4) is 0 Å². The molecule has 1 aromatic heterocycles. The summed E-state index contributed by atoms with van der Waals surface area (Å²) >= 11 is 6.30. The highest BCUT2D eigenvalue weighted by atomic mass is 35.5. The maximum Gasteiger partial charge on any atom is 0.275 e. The fourth-order valence-corrected chi connectivity index (χ4v) is 4.35. The number of aryl methyl sites for hydroxylation is 1. The number of hydrogen-bond donors (Lipinski definition) is 0. The quantitative estimate of drug-likeness (QED) is 0.760. The lowest BCUT2D eigenvalue weighted by Gasteiger charge is -2.36. The molecule has 5 heteroatoms. The van der Waals surface area contributed by atoms with Crippen molar-refractivity contribution in [3.05, 3.63) is 30.0 Å². The number of amides is 1. The van der Waals surface area contributed by atoms with Gasteiger partial charge in [0.25, 0.3) is 5.91 Å². The summed E-state index contributed by atoms with van der Waals surface area (Å²) in [6.45, 7) is 0. The number of piperidine rings is 1. The first-order chi connectivity index (χ1) is 10.1. The van der Waals surface area contributed by atoms with Gasteiger partial charge in [0.05, 0.1) is 5.52 Å². The monoisotopic (exact) mass is 303 g/mol. The first kappa shape index (κ1) is 13.1. The summed E-state index contributed by atoms with van der Waals surface area (Å²) in [5, 5.41) is 5.63. The Kier molecular flexibility index (Phi) is 2.96. The number of nitrogens with zero attached hydrogens (tertiary/aromatic N) is 3. The van der Waals surface area contributed by atoms with Crippen LogP contribution in [0.2, 0.25) is 0 Å². The van der Waals surface area contributed by atoms with Crippen molar-refractivity contribution >= 4 is 28.4 Å². The standard InChI is InChI=1S/C16H18ClN3O/c1-19-14-5-3-2-4-13(14)15(18-19)16(21)20-11-6-7-12(20)9-10(17)8-11/h2-5,10-12H,6-9H2,1H3. The van der Waals surface area contributed by atoms with Gasteiger partial charge in [-0.2, -0.15) is 5.10 Å². The second kappa shape index (κ2) is 4.73. The van der Waals surface area contributed by atoms with Crippen LogP contribution in [0.5, 0.6) is 0 Å². The summed E-state index contributed by atoms with van der Waals surface area (Å²) in [6.07, 6.45) is 3.97. The third kappa shape index (κ3) is 1.96. The summed E-state index contributed by atoms with van der Waals surface area (Å²) in [5.74, 6) is 0.0721. The lowest BCUT2D eigenvalue weighted by atomic mass is 10.0. The molecule has 4 rings (SSSR count). The minimum Gasteiger partial charge on any atom is -0.331 e. The number of rotatable bonds is 1. The van der Waals surface area contributed by atoms with Gasteiger partial charge in [0.1, 0.15) is 0 Å². The lowest BCUT2D eigenvalue weighted by molar-refractivity contribution is 0.0594. The molecular weight excluding hydrogens is 286 g/mol. The number of carbonyl (C=O) groups excluding carboxylic acids is 1. The van der Waals surface area contributed by atoms with Gasteiger partial charge in [0, 0.05) is 29.9 Å². The molecule has 2 aliphatic heterocycles. The fourth-order valence-electron chi connectivity index (χ4n) is 3.94. The molecule has 2 unspecified atom stereocenters. The highest BCUT2D eigenvalue weighted by molar-refractivity contribution is 6.20. The third-order valence-electron chi connectivity index (χ3n) is 4.87. The minimum absolute atomic E-state index is 0.0721. The number of benzene rings is 1. The Bertz CT molecular complexity index is 697. The lowest BCUT2D eigenvalue weighted by Crippen LogP contribution is -2.47. The number of halogens is 1. The average molecular weight is 304 g/mol. The van der Waals surface area contributed by atoms with E-state index >= 15 is 0 Å². The number of fused-ring (bicyclic) bond motifs is 3. The normalized spacial score (nSPS) is 28.3. The van der Waals surface area contributed by atoms with E-state index in [2.05, 4.69) is 5.10 Å². The van der Waals surface area contributed by atoms with Gasteiger partial charge < -0.3 is 4.90 Å². The molecule has 2 fully saturated rings. The zero-order valence-corrected chi connectivity index (χ0v) is 12.8. The van der Waals surface area contributed by atoms with E-state index in [1.165, 1.54) is 0 Å². The second-order valence-corrected chi connectivity index (χ2v) is 6.77. The topological polar surface area (TPSA) is 38.1 Å². The van der Waals surface area contributed by atoms with Gasteiger partial charge in [-0.1, -0.05) is 18.2 Å². The average Bonchev–Trinajstić information content (AvgIpc) is 2.95. The number of para-hydroxylation sites is 1. The number of alkyl halides is 1. The molecule has 0 aliphatic carbocycles. The molecule has 2 saturated heterocycles. The highest BCUT2D eigenvalue weighted by Gasteiger charge is 2.43. The van der Waals surface area contributed by atoms with Crippen molar-refractivity contribution in [3.8, 4) is 0 Å². The summed E-state index contributed by atoms with van der Waals surface area (Å²) < 4.78 is 1.79. The van der Waals surface area contributed by atoms with Crippen molar-refractivity contribution in [2.75, 3.05) is 0 Å². The molecule has 2 atom stereocenters. The number of carbonyl (C=O) groups is 1. The van der Waals surface area contributed by atoms with Crippen LogP contribution in [0.15, 0.2) is 24.3 Å². The largest absolute Gasteiger partial charge is 0.331 e. The molecular formula is C16H18ClN3O. The van der Waals surface area contributed by atoms with Crippen molar-refractivity contribution in [2.24, 2.45) is 7.05 Å². The number of hydrogen-bond acceptors (Lipinski definition) is 2. The van der Waals surface area contributed by atoms with Gasteiger partial charge in [0.15, 0.2) is 5.69 Å². The van der Waals surface area contributed by atoms with Crippen molar-refractivity contribution in [1.82, 2.24) is 14.7 Å². The van der Waals surface area contributed by atoms with E-state index in [-0.39, 0.29) is 11.3 Å². The molecule has 2 aliphatic rings. The Hall–Kier alpha value is -1.55. The zero-order valence-electron chi connectivity index (χ0n) is 12.0. The van der Waals surface area contributed by atoms with Gasteiger partial charge in [-0.05, 0) is 31.7 Å². The number of aromatic nitrogens is 2. The molecule has 3 heterocycles. The predicted octanol–water partition coefficient (Wildman–Crippen LogP) is 2.95. The first-order valence-corrected chi connectivity index (χ1v) is 7.97. The van der Waals surface area contributed by atoms with Gasteiger partial charge >= 0.3 is 0 Å².